The van der Waals surface area contributed by atoms with E-state index in [1.165, 1.54) is 9.13 Å². The summed E-state index contributed by atoms with van der Waals surface area (Å²) < 4.78 is 2.90. The summed E-state index contributed by atoms with van der Waals surface area (Å²) in [5.41, 5.74) is 1.64. The lowest BCUT2D eigenvalue weighted by molar-refractivity contribution is -0.135. The van der Waals surface area contributed by atoms with Crippen LogP contribution in [0.5, 0.6) is 0 Å². The number of imidazole rings is 1. The molecule has 2 amide bonds. The number of amides is 2. The van der Waals surface area contributed by atoms with Crippen LogP contribution in [0.4, 0.5) is 0 Å². The number of aryl methyl sites for hydroxylation is 1. The number of alkyl halides is 1. The van der Waals surface area contributed by atoms with Crippen molar-refractivity contribution in [3.63, 3.8) is 0 Å². The van der Waals surface area contributed by atoms with E-state index in [1.54, 1.807) is 25.2 Å². The van der Waals surface area contributed by atoms with Gasteiger partial charge in [-0.1, -0.05) is 17.9 Å². The number of rotatable bonds is 1. The minimum absolute atomic E-state index is 0.193. The Morgan fingerprint density at radius 3 is 2.83 bits per heavy atom. The Bertz CT molecular complexity index is 930. The molecule has 0 spiro atoms. The summed E-state index contributed by atoms with van der Waals surface area (Å²) in [6, 6.07) is 4.66. The average molecular weight is 332 g/mol. The highest BCUT2D eigenvalue weighted by atomic mass is 35.5. The zero-order valence-electron chi connectivity index (χ0n) is 12.4. The topological polar surface area (TPSA) is 73.1 Å². The van der Waals surface area contributed by atoms with Crippen LogP contribution in [0.15, 0.2) is 23.0 Å². The van der Waals surface area contributed by atoms with Crippen molar-refractivity contribution in [3.8, 4) is 11.8 Å². The van der Waals surface area contributed by atoms with E-state index in [4.69, 9.17) is 11.6 Å². The molecule has 0 saturated carbocycles. The summed E-state index contributed by atoms with van der Waals surface area (Å²) in [5, 5.41) is 2.29. The fourth-order valence-corrected chi connectivity index (χ4v) is 2.96. The van der Waals surface area contributed by atoms with Crippen molar-refractivity contribution in [1.82, 2.24) is 14.5 Å². The van der Waals surface area contributed by atoms with Crippen LogP contribution in [0.2, 0.25) is 0 Å². The monoisotopic (exact) mass is 331 g/mol. The minimum Gasteiger partial charge on any atom is -0.295 e. The first kappa shape index (κ1) is 15.4. The zero-order chi connectivity index (χ0) is 16.6. The van der Waals surface area contributed by atoms with Crippen molar-refractivity contribution >= 4 is 34.4 Å². The van der Waals surface area contributed by atoms with Crippen LogP contribution in [0.25, 0.3) is 11.0 Å². The second-order valence-corrected chi connectivity index (χ2v) is 5.55. The number of para-hydroxylation sites is 1. The van der Waals surface area contributed by atoms with Crippen LogP contribution in [-0.2, 0) is 16.6 Å². The number of benzene rings is 1. The lowest BCUT2D eigenvalue weighted by Crippen LogP contribution is -2.44. The minimum atomic E-state index is -0.694. The number of nitrogens with zero attached hydrogens (tertiary/aromatic N) is 2. The Kier molecular flexibility index (Phi) is 3.97. The molecule has 23 heavy (non-hydrogen) atoms. The molecule has 118 valence electrons. The summed E-state index contributed by atoms with van der Waals surface area (Å²) in [4.78, 5) is 36.1. The molecule has 1 unspecified atom stereocenters. The number of nitrogens with one attached hydrogen (secondary N) is 1. The van der Waals surface area contributed by atoms with Gasteiger partial charge in [0.05, 0.1) is 22.5 Å². The van der Waals surface area contributed by atoms with Crippen molar-refractivity contribution in [2.24, 2.45) is 7.05 Å². The number of imide groups is 1. The predicted molar refractivity (Wildman–Crippen MR) is 86.2 cm³/mol. The van der Waals surface area contributed by atoms with E-state index in [2.05, 4.69) is 17.2 Å². The molecular formula is C16H14ClN3O3. The summed E-state index contributed by atoms with van der Waals surface area (Å²) in [6.45, 7) is 0. The summed E-state index contributed by atoms with van der Waals surface area (Å²) in [5.74, 6) is 5.13. The Hall–Kier alpha value is -2.52. The molecular weight excluding hydrogens is 318 g/mol. The zero-order valence-corrected chi connectivity index (χ0v) is 13.2. The van der Waals surface area contributed by atoms with Crippen molar-refractivity contribution in [1.29, 1.82) is 0 Å². The largest absolute Gasteiger partial charge is 0.329 e. The fourth-order valence-electron chi connectivity index (χ4n) is 2.90. The van der Waals surface area contributed by atoms with Crippen LogP contribution in [0.3, 0.4) is 0 Å². The number of hydrogen-bond acceptors (Lipinski definition) is 3. The standard InChI is InChI=1S/C16H14ClN3O3/c1-19-14-10(5-3-9-17)4-2-6-11(14)20(16(19)23)12-7-8-13(21)18-15(12)22/h2,4,6,12H,7-9H2,1H3,(H,18,21,22). The lowest BCUT2D eigenvalue weighted by Gasteiger charge is -2.21. The van der Waals surface area contributed by atoms with Crippen LogP contribution >= 0.6 is 11.6 Å². The maximum Gasteiger partial charge on any atom is 0.329 e. The maximum absolute atomic E-state index is 12.6. The third-order valence-electron chi connectivity index (χ3n) is 3.91. The van der Waals surface area contributed by atoms with E-state index < -0.39 is 11.9 Å². The normalized spacial score (nSPS) is 17.7. The van der Waals surface area contributed by atoms with Gasteiger partial charge in [0, 0.05) is 13.5 Å². The number of fused-ring (bicyclic) bond motifs is 1. The summed E-state index contributed by atoms with van der Waals surface area (Å²) in [7, 11) is 1.64. The molecule has 1 atom stereocenters. The van der Waals surface area contributed by atoms with E-state index in [0.29, 0.717) is 23.0 Å². The number of carbonyl (C=O) groups excluding carboxylic acids is 2. The third kappa shape index (κ3) is 2.53. The molecule has 1 aromatic heterocycles. The van der Waals surface area contributed by atoms with E-state index in [1.807, 2.05) is 0 Å². The van der Waals surface area contributed by atoms with Crippen LogP contribution in [0, 0.1) is 11.8 Å². The van der Waals surface area contributed by atoms with E-state index in [9.17, 15) is 14.4 Å². The first-order valence-electron chi connectivity index (χ1n) is 7.13. The molecule has 2 heterocycles. The van der Waals surface area contributed by atoms with E-state index >= 15 is 0 Å². The van der Waals surface area contributed by atoms with Crippen molar-refractivity contribution in [2.45, 2.75) is 18.9 Å². The van der Waals surface area contributed by atoms with Gasteiger partial charge in [0.25, 0.3) is 0 Å². The predicted octanol–water partition coefficient (Wildman–Crippen LogP) is 0.908. The highest BCUT2D eigenvalue weighted by Crippen LogP contribution is 2.24. The van der Waals surface area contributed by atoms with Crippen molar-refractivity contribution in [3.05, 3.63) is 34.2 Å². The molecule has 1 aliphatic heterocycles. The molecule has 0 radical (unpaired) electrons. The molecule has 1 saturated heterocycles. The number of halogens is 1. The molecule has 7 heteroatoms. The number of hydrogen-bond donors (Lipinski definition) is 1. The average Bonchev–Trinajstić information content (AvgIpc) is 2.78. The molecule has 1 fully saturated rings. The summed E-state index contributed by atoms with van der Waals surface area (Å²) in [6.07, 6.45) is 0.520. The van der Waals surface area contributed by atoms with Gasteiger partial charge in [-0.3, -0.25) is 24.0 Å². The molecule has 1 aromatic carbocycles. The van der Waals surface area contributed by atoms with E-state index in [0.717, 1.165) is 0 Å². The second-order valence-electron chi connectivity index (χ2n) is 5.29. The molecule has 0 bridgehead atoms. The maximum atomic E-state index is 12.6. The van der Waals surface area contributed by atoms with Crippen LogP contribution in [0.1, 0.15) is 24.4 Å². The van der Waals surface area contributed by atoms with Crippen LogP contribution in [-0.4, -0.2) is 26.8 Å². The number of carbonyl (C=O) groups is 2. The number of piperidine rings is 1. The lowest BCUT2D eigenvalue weighted by atomic mass is 10.1. The van der Waals surface area contributed by atoms with Gasteiger partial charge in [-0.25, -0.2) is 4.79 Å². The van der Waals surface area contributed by atoms with Crippen molar-refractivity contribution < 1.29 is 9.59 Å². The smallest absolute Gasteiger partial charge is 0.295 e. The Labute approximate surface area is 137 Å². The molecule has 6 nitrogen and oxygen atoms in total. The molecule has 0 aliphatic carbocycles. The van der Waals surface area contributed by atoms with Crippen molar-refractivity contribution in [2.75, 3.05) is 5.88 Å². The summed E-state index contributed by atoms with van der Waals surface area (Å²) >= 11 is 5.60. The van der Waals surface area contributed by atoms with Crippen LogP contribution < -0.4 is 11.0 Å². The van der Waals surface area contributed by atoms with Gasteiger partial charge in [0.2, 0.25) is 11.8 Å². The molecule has 1 aliphatic rings. The quantitative estimate of drug-likeness (QED) is 0.479. The second kappa shape index (κ2) is 5.94. The van der Waals surface area contributed by atoms with Gasteiger partial charge in [-0.15, -0.1) is 11.6 Å². The van der Waals surface area contributed by atoms with Gasteiger partial charge in [0.1, 0.15) is 6.04 Å². The van der Waals surface area contributed by atoms with Gasteiger partial charge in [0.15, 0.2) is 0 Å². The first-order chi connectivity index (χ1) is 11.0. The Morgan fingerprint density at radius 1 is 1.35 bits per heavy atom. The number of aromatic nitrogens is 2. The van der Waals surface area contributed by atoms with Gasteiger partial charge in [-0.2, -0.15) is 0 Å². The van der Waals surface area contributed by atoms with Gasteiger partial charge < -0.3 is 0 Å². The first-order valence-corrected chi connectivity index (χ1v) is 7.66. The Morgan fingerprint density at radius 2 is 2.13 bits per heavy atom. The Balaban J connectivity index is 2.23. The van der Waals surface area contributed by atoms with E-state index in [-0.39, 0.29) is 23.9 Å². The molecule has 2 aromatic rings. The third-order valence-corrected chi connectivity index (χ3v) is 4.05. The van der Waals surface area contributed by atoms with Gasteiger partial charge in [-0.05, 0) is 18.6 Å². The molecule has 1 N–H and O–H groups in total. The highest BCUT2D eigenvalue weighted by Gasteiger charge is 2.31. The van der Waals surface area contributed by atoms with Gasteiger partial charge >= 0.3 is 5.69 Å². The SMILES string of the molecule is Cn1c(=O)n(C2CCC(=O)NC2=O)c2cccc(C#CCCl)c21. The molecule has 3 rings (SSSR count). The highest BCUT2D eigenvalue weighted by molar-refractivity contribution is 6.19. The fraction of sp³-hybridized carbons (Fsp3) is 0.312.